The molecule has 1 fully saturated rings. The number of nitrogens with zero attached hydrogens (tertiary/aromatic N) is 2. The molecule has 2 rings (SSSR count). The van der Waals surface area contributed by atoms with Crippen LogP contribution in [0.5, 0.6) is 0 Å². The second-order valence-electron chi connectivity index (χ2n) is 4.68. The highest BCUT2D eigenvalue weighted by atomic mass is 35.5. The summed E-state index contributed by atoms with van der Waals surface area (Å²) in [5.41, 5.74) is 0.451. The van der Waals surface area contributed by atoms with Gasteiger partial charge in [-0.2, -0.15) is 0 Å². The molecule has 0 spiro atoms. The number of carbonyl (C=O) groups is 1. The van der Waals surface area contributed by atoms with Crippen molar-refractivity contribution in [1.29, 1.82) is 0 Å². The molecule has 1 saturated heterocycles. The first-order valence-electron chi connectivity index (χ1n) is 6.44. The molecule has 6 heteroatoms. The SMILES string of the molecule is CCN1CCC(NC(=O)c2cnc(Cl)c(Cl)c2)CC1. The number of halogens is 2. The zero-order valence-electron chi connectivity index (χ0n) is 10.8. The van der Waals surface area contributed by atoms with Gasteiger partial charge in [0, 0.05) is 25.3 Å². The van der Waals surface area contributed by atoms with Crippen LogP contribution in [0.2, 0.25) is 10.2 Å². The van der Waals surface area contributed by atoms with Gasteiger partial charge in [0.05, 0.1) is 10.6 Å². The van der Waals surface area contributed by atoms with E-state index in [0.29, 0.717) is 10.6 Å². The topological polar surface area (TPSA) is 45.2 Å². The number of pyridine rings is 1. The number of nitrogens with one attached hydrogen (secondary N) is 1. The van der Waals surface area contributed by atoms with Gasteiger partial charge in [0.15, 0.2) is 0 Å². The summed E-state index contributed by atoms with van der Waals surface area (Å²) in [6.07, 6.45) is 3.41. The van der Waals surface area contributed by atoms with E-state index < -0.39 is 0 Å². The Labute approximate surface area is 123 Å². The number of amides is 1. The van der Waals surface area contributed by atoms with Crippen LogP contribution in [-0.2, 0) is 0 Å². The fraction of sp³-hybridized carbons (Fsp3) is 0.538. The van der Waals surface area contributed by atoms with Gasteiger partial charge in [0.1, 0.15) is 5.15 Å². The Morgan fingerprint density at radius 3 is 2.74 bits per heavy atom. The summed E-state index contributed by atoms with van der Waals surface area (Å²) in [6.45, 7) is 5.28. The number of piperidine rings is 1. The summed E-state index contributed by atoms with van der Waals surface area (Å²) in [6, 6.07) is 1.78. The van der Waals surface area contributed by atoms with Crippen LogP contribution in [0.25, 0.3) is 0 Å². The maximum atomic E-state index is 12.1. The van der Waals surface area contributed by atoms with Gasteiger partial charge >= 0.3 is 0 Å². The van der Waals surface area contributed by atoms with Crippen molar-refractivity contribution in [2.24, 2.45) is 0 Å². The highest BCUT2D eigenvalue weighted by Crippen LogP contribution is 2.20. The predicted molar refractivity (Wildman–Crippen MR) is 76.9 cm³/mol. The number of hydrogen-bond donors (Lipinski definition) is 1. The summed E-state index contributed by atoms with van der Waals surface area (Å²) in [7, 11) is 0. The quantitative estimate of drug-likeness (QED) is 0.873. The Bertz CT molecular complexity index is 459. The third-order valence-corrected chi connectivity index (χ3v) is 4.11. The molecule has 0 atom stereocenters. The number of carbonyl (C=O) groups excluding carboxylic acids is 1. The smallest absolute Gasteiger partial charge is 0.253 e. The van der Waals surface area contributed by atoms with Gasteiger partial charge in [-0.05, 0) is 25.5 Å². The first-order chi connectivity index (χ1) is 9.10. The normalized spacial score (nSPS) is 17.4. The molecule has 1 aromatic rings. The van der Waals surface area contributed by atoms with Gasteiger partial charge in [0.2, 0.25) is 0 Å². The van der Waals surface area contributed by atoms with Crippen LogP contribution < -0.4 is 5.32 Å². The first-order valence-corrected chi connectivity index (χ1v) is 7.20. The number of rotatable bonds is 3. The van der Waals surface area contributed by atoms with Crippen molar-refractivity contribution in [3.8, 4) is 0 Å². The largest absolute Gasteiger partial charge is 0.349 e. The fourth-order valence-electron chi connectivity index (χ4n) is 2.21. The van der Waals surface area contributed by atoms with E-state index in [1.54, 1.807) is 6.07 Å². The van der Waals surface area contributed by atoms with Gasteiger partial charge in [-0.3, -0.25) is 4.79 Å². The van der Waals surface area contributed by atoms with Crippen molar-refractivity contribution in [2.75, 3.05) is 19.6 Å². The maximum absolute atomic E-state index is 12.1. The zero-order valence-corrected chi connectivity index (χ0v) is 12.3. The van der Waals surface area contributed by atoms with Gasteiger partial charge < -0.3 is 10.2 Å². The van der Waals surface area contributed by atoms with Crippen LogP contribution in [-0.4, -0.2) is 41.5 Å². The minimum atomic E-state index is -0.138. The van der Waals surface area contributed by atoms with E-state index in [2.05, 4.69) is 22.1 Å². The molecule has 1 aliphatic heterocycles. The Kier molecular flexibility index (Phi) is 5.02. The van der Waals surface area contributed by atoms with E-state index in [-0.39, 0.29) is 17.1 Å². The van der Waals surface area contributed by atoms with Crippen molar-refractivity contribution in [1.82, 2.24) is 15.2 Å². The second-order valence-corrected chi connectivity index (χ2v) is 5.44. The van der Waals surface area contributed by atoms with Crippen molar-refractivity contribution in [3.63, 3.8) is 0 Å². The van der Waals surface area contributed by atoms with Crippen LogP contribution in [0, 0.1) is 0 Å². The summed E-state index contributed by atoms with van der Waals surface area (Å²) in [5.74, 6) is -0.138. The summed E-state index contributed by atoms with van der Waals surface area (Å²) in [5, 5.41) is 3.54. The predicted octanol–water partition coefficient (Wildman–Crippen LogP) is 2.60. The zero-order chi connectivity index (χ0) is 13.8. The molecular formula is C13H17Cl2N3O. The van der Waals surface area contributed by atoms with Crippen LogP contribution >= 0.6 is 23.2 Å². The van der Waals surface area contributed by atoms with Crippen LogP contribution in [0.1, 0.15) is 30.1 Å². The number of aromatic nitrogens is 1. The lowest BCUT2D eigenvalue weighted by atomic mass is 10.0. The molecule has 2 heterocycles. The third-order valence-electron chi connectivity index (χ3n) is 3.43. The summed E-state index contributed by atoms with van der Waals surface area (Å²) in [4.78, 5) is 18.3. The van der Waals surface area contributed by atoms with Crippen LogP contribution in [0.3, 0.4) is 0 Å². The molecule has 0 radical (unpaired) electrons. The first kappa shape index (κ1) is 14.6. The second kappa shape index (κ2) is 6.55. The Morgan fingerprint density at radius 1 is 1.47 bits per heavy atom. The average molecular weight is 302 g/mol. The van der Waals surface area contributed by atoms with E-state index in [1.165, 1.54) is 6.20 Å². The van der Waals surface area contributed by atoms with E-state index >= 15 is 0 Å². The van der Waals surface area contributed by atoms with Crippen molar-refractivity contribution >= 4 is 29.1 Å². The minimum absolute atomic E-state index is 0.138. The fourth-order valence-corrected chi connectivity index (χ4v) is 2.48. The summed E-state index contributed by atoms with van der Waals surface area (Å²) < 4.78 is 0. The molecule has 1 N–H and O–H groups in total. The molecule has 1 aliphatic rings. The lowest BCUT2D eigenvalue weighted by Gasteiger charge is -2.31. The van der Waals surface area contributed by atoms with Gasteiger partial charge in [-0.1, -0.05) is 30.1 Å². The summed E-state index contributed by atoms with van der Waals surface area (Å²) >= 11 is 11.6. The van der Waals surface area contributed by atoms with Gasteiger partial charge in [-0.25, -0.2) is 4.98 Å². The van der Waals surface area contributed by atoms with E-state index in [0.717, 1.165) is 32.5 Å². The highest BCUT2D eigenvalue weighted by Gasteiger charge is 2.20. The molecule has 1 amide bonds. The molecule has 19 heavy (non-hydrogen) atoms. The van der Waals surface area contributed by atoms with E-state index in [1.807, 2.05) is 0 Å². The molecule has 0 unspecified atom stereocenters. The molecule has 0 bridgehead atoms. The highest BCUT2D eigenvalue weighted by molar-refractivity contribution is 6.41. The molecule has 1 aromatic heterocycles. The van der Waals surface area contributed by atoms with Gasteiger partial charge in [-0.15, -0.1) is 0 Å². The third kappa shape index (κ3) is 3.81. The van der Waals surface area contributed by atoms with E-state index in [4.69, 9.17) is 23.2 Å². The van der Waals surface area contributed by atoms with E-state index in [9.17, 15) is 4.79 Å². The Hall–Kier alpha value is -0.840. The lowest BCUT2D eigenvalue weighted by molar-refractivity contribution is 0.0912. The molecular weight excluding hydrogens is 285 g/mol. The molecule has 0 aromatic carbocycles. The molecule has 104 valence electrons. The Morgan fingerprint density at radius 2 is 2.16 bits per heavy atom. The molecule has 4 nitrogen and oxygen atoms in total. The number of hydrogen-bond acceptors (Lipinski definition) is 3. The van der Waals surface area contributed by atoms with Crippen LogP contribution in [0.4, 0.5) is 0 Å². The van der Waals surface area contributed by atoms with Crippen LogP contribution in [0.15, 0.2) is 12.3 Å². The van der Waals surface area contributed by atoms with Crippen molar-refractivity contribution in [2.45, 2.75) is 25.8 Å². The standard InChI is InChI=1S/C13H17Cl2N3O/c1-2-18-5-3-10(4-6-18)17-13(19)9-7-11(14)12(15)16-8-9/h7-8,10H,2-6H2,1H3,(H,17,19). The average Bonchev–Trinajstić information content (AvgIpc) is 2.42. The lowest BCUT2D eigenvalue weighted by Crippen LogP contribution is -2.44. The van der Waals surface area contributed by atoms with Gasteiger partial charge in [0.25, 0.3) is 5.91 Å². The molecule has 0 aliphatic carbocycles. The van der Waals surface area contributed by atoms with Crippen molar-refractivity contribution in [3.05, 3.63) is 28.0 Å². The maximum Gasteiger partial charge on any atom is 0.253 e. The molecule has 0 saturated carbocycles. The number of likely N-dealkylation sites (tertiary alicyclic amines) is 1. The Balaban J connectivity index is 1.92. The minimum Gasteiger partial charge on any atom is -0.349 e. The van der Waals surface area contributed by atoms with Crippen molar-refractivity contribution < 1.29 is 4.79 Å². The monoisotopic (exact) mass is 301 g/mol.